The van der Waals surface area contributed by atoms with E-state index in [0.717, 1.165) is 18.8 Å². The van der Waals surface area contributed by atoms with Crippen molar-refractivity contribution in [2.75, 3.05) is 76.5 Å². The van der Waals surface area contributed by atoms with E-state index in [1.807, 2.05) is 19.9 Å². The first-order chi connectivity index (χ1) is 15.5. The number of carbonyl (C=O) groups excluding carboxylic acids is 2. The van der Waals surface area contributed by atoms with Crippen molar-refractivity contribution in [2.45, 2.75) is 13.8 Å². The number of benzene rings is 1. The van der Waals surface area contributed by atoms with Crippen molar-refractivity contribution in [1.29, 1.82) is 0 Å². The van der Waals surface area contributed by atoms with E-state index in [1.54, 1.807) is 6.07 Å². The van der Waals surface area contributed by atoms with Gasteiger partial charge >= 0.3 is 5.97 Å². The van der Waals surface area contributed by atoms with Gasteiger partial charge in [-0.15, -0.1) is 0 Å². The molecule has 0 saturated carbocycles. The number of carbonyl (C=O) groups is 2. The lowest BCUT2D eigenvalue weighted by molar-refractivity contribution is -0.136. The second kappa shape index (κ2) is 11.1. The number of hydrogen-bond donors (Lipinski definition) is 2. The predicted octanol–water partition coefficient (Wildman–Crippen LogP) is 0.994. The second-order valence-electron chi connectivity index (χ2n) is 7.20. The maximum atomic E-state index is 12.9. The van der Waals surface area contributed by atoms with Gasteiger partial charge in [0.25, 0.3) is 5.91 Å². The highest BCUT2D eigenvalue weighted by molar-refractivity contribution is 6.08. The SMILES string of the molecule is CCOc1cc(N2CCOCC2)c(OCC)cc1NC1=C(C(=O)OC)CN(CCO)C1=O. The summed E-state index contributed by atoms with van der Waals surface area (Å²) in [6, 6.07) is 3.66. The van der Waals surface area contributed by atoms with Crippen molar-refractivity contribution in [3.8, 4) is 11.5 Å². The number of hydrogen-bond acceptors (Lipinski definition) is 9. The standard InChI is InChI=1S/C22H31N3O7/c1-4-31-18-13-17(24-7-10-30-11-8-24)19(32-5-2)12-16(18)23-20-15(22(28)29-3)14-25(6-9-26)21(20)27/h12-13,23,26H,4-11,14H2,1-3H3. The summed E-state index contributed by atoms with van der Waals surface area (Å²) >= 11 is 0. The Bertz CT molecular complexity index is 865. The van der Waals surface area contributed by atoms with Gasteiger partial charge in [0, 0.05) is 31.8 Å². The van der Waals surface area contributed by atoms with Gasteiger partial charge in [-0.05, 0) is 13.8 Å². The van der Waals surface area contributed by atoms with Crippen LogP contribution in [0.5, 0.6) is 11.5 Å². The third-order valence-electron chi connectivity index (χ3n) is 5.23. The van der Waals surface area contributed by atoms with Crippen LogP contribution in [0, 0.1) is 0 Å². The lowest BCUT2D eigenvalue weighted by Gasteiger charge is -2.31. The van der Waals surface area contributed by atoms with Gasteiger partial charge in [-0.25, -0.2) is 4.79 Å². The first kappa shape index (κ1) is 23.7. The fraction of sp³-hybridized carbons (Fsp3) is 0.545. The minimum Gasteiger partial charge on any atom is -0.492 e. The number of morpholine rings is 1. The molecule has 2 heterocycles. The molecule has 10 nitrogen and oxygen atoms in total. The largest absolute Gasteiger partial charge is 0.492 e. The van der Waals surface area contributed by atoms with Crippen molar-refractivity contribution in [2.24, 2.45) is 0 Å². The van der Waals surface area contributed by atoms with Crippen LogP contribution >= 0.6 is 0 Å². The predicted molar refractivity (Wildman–Crippen MR) is 118 cm³/mol. The number of anilines is 2. The Kier molecular flexibility index (Phi) is 8.18. The zero-order chi connectivity index (χ0) is 23.1. The molecule has 1 fully saturated rings. The molecule has 3 rings (SSSR count). The Morgan fingerprint density at radius 3 is 2.47 bits per heavy atom. The summed E-state index contributed by atoms with van der Waals surface area (Å²) in [4.78, 5) is 28.8. The number of rotatable bonds is 10. The Labute approximate surface area is 187 Å². The molecule has 0 aromatic heterocycles. The highest BCUT2D eigenvalue weighted by Gasteiger charge is 2.35. The van der Waals surface area contributed by atoms with E-state index < -0.39 is 11.9 Å². The van der Waals surface area contributed by atoms with Crippen LogP contribution in [0.1, 0.15) is 13.8 Å². The molecule has 0 bridgehead atoms. The van der Waals surface area contributed by atoms with E-state index in [0.29, 0.717) is 43.6 Å². The van der Waals surface area contributed by atoms with Gasteiger partial charge in [-0.2, -0.15) is 0 Å². The van der Waals surface area contributed by atoms with Crippen LogP contribution in [0.25, 0.3) is 0 Å². The van der Waals surface area contributed by atoms with Gasteiger partial charge < -0.3 is 39.2 Å². The molecule has 2 aliphatic rings. The number of amides is 1. The zero-order valence-electron chi connectivity index (χ0n) is 18.8. The Balaban J connectivity index is 2.02. The van der Waals surface area contributed by atoms with E-state index in [9.17, 15) is 14.7 Å². The number of esters is 1. The van der Waals surface area contributed by atoms with Crippen LogP contribution in [-0.4, -0.2) is 88.2 Å². The third kappa shape index (κ3) is 5.08. The molecule has 1 saturated heterocycles. The monoisotopic (exact) mass is 449 g/mol. The Morgan fingerprint density at radius 2 is 1.84 bits per heavy atom. The summed E-state index contributed by atoms with van der Waals surface area (Å²) in [5, 5.41) is 12.4. The quantitative estimate of drug-likeness (QED) is 0.506. The molecule has 1 amide bonds. The Morgan fingerprint density at radius 1 is 1.16 bits per heavy atom. The molecule has 10 heteroatoms. The van der Waals surface area contributed by atoms with E-state index in [4.69, 9.17) is 18.9 Å². The minimum absolute atomic E-state index is 0.0581. The summed E-state index contributed by atoms with van der Waals surface area (Å²) in [7, 11) is 1.27. The molecule has 1 aromatic carbocycles. The molecule has 1 aromatic rings. The summed E-state index contributed by atoms with van der Waals surface area (Å²) < 4.78 is 22.1. The zero-order valence-corrected chi connectivity index (χ0v) is 18.8. The molecular weight excluding hydrogens is 418 g/mol. The van der Waals surface area contributed by atoms with Gasteiger partial charge in [0.05, 0.1) is 63.6 Å². The van der Waals surface area contributed by atoms with Crippen LogP contribution < -0.4 is 19.7 Å². The van der Waals surface area contributed by atoms with E-state index in [1.165, 1.54) is 12.0 Å². The normalized spacial score (nSPS) is 16.4. The fourth-order valence-corrected chi connectivity index (χ4v) is 3.73. The summed E-state index contributed by atoms with van der Waals surface area (Å²) in [5.74, 6) is 0.173. The van der Waals surface area contributed by atoms with E-state index in [2.05, 4.69) is 10.2 Å². The molecule has 0 spiro atoms. The lowest BCUT2D eigenvalue weighted by atomic mass is 10.1. The number of methoxy groups -OCH3 is 1. The van der Waals surface area contributed by atoms with E-state index in [-0.39, 0.29) is 31.0 Å². The van der Waals surface area contributed by atoms with Gasteiger partial charge in [-0.3, -0.25) is 4.79 Å². The van der Waals surface area contributed by atoms with Crippen LogP contribution in [0.2, 0.25) is 0 Å². The van der Waals surface area contributed by atoms with Gasteiger partial charge in [-0.1, -0.05) is 0 Å². The van der Waals surface area contributed by atoms with E-state index >= 15 is 0 Å². The van der Waals surface area contributed by atoms with Crippen LogP contribution in [0.4, 0.5) is 11.4 Å². The number of ether oxygens (including phenoxy) is 4. The third-order valence-corrected chi connectivity index (χ3v) is 5.23. The average Bonchev–Trinajstić information content (AvgIpc) is 3.11. The van der Waals surface area contributed by atoms with Crippen LogP contribution in [-0.2, 0) is 19.1 Å². The summed E-state index contributed by atoms with van der Waals surface area (Å²) in [6.45, 7) is 7.32. The van der Waals surface area contributed by atoms with Crippen LogP contribution in [0.3, 0.4) is 0 Å². The molecule has 2 aliphatic heterocycles. The maximum Gasteiger partial charge on any atom is 0.337 e. The van der Waals surface area contributed by atoms with Crippen molar-refractivity contribution in [3.05, 3.63) is 23.4 Å². The Hall–Kier alpha value is -2.98. The number of nitrogens with zero attached hydrogens (tertiary/aromatic N) is 2. The average molecular weight is 450 g/mol. The lowest BCUT2D eigenvalue weighted by Crippen LogP contribution is -2.36. The maximum absolute atomic E-state index is 12.9. The summed E-state index contributed by atoms with van der Waals surface area (Å²) in [5.41, 5.74) is 1.69. The summed E-state index contributed by atoms with van der Waals surface area (Å²) in [6.07, 6.45) is 0. The topological polar surface area (TPSA) is 110 Å². The first-order valence-electron chi connectivity index (χ1n) is 10.8. The fourth-order valence-electron chi connectivity index (χ4n) is 3.73. The van der Waals surface area contributed by atoms with Gasteiger partial charge in [0.1, 0.15) is 17.2 Å². The van der Waals surface area contributed by atoms with Gasteiger partial charge in [0.2, 0.25) is 0 Å². The second-order valence-corrected chi connectivity index (χ2v) is 7.20. The number of aliphatic hydroxyl groups is 1. The van der Waals surface area contributed by atoms with Gasteiger partial charge in [0.15, 0.2) is 0 Å². The van der Waals surface area contributed by atoms with Crippen molar-refractivity contribution in [1.82, 2.24) is 4.90 Å². The molecular formula is C22H31N3O7. The minimum atomic E-state index is -0.603. The van der Waals surface area contributed by atoms with Crippen LogP contribution in [0.15, 0.2) is 23.4 Å². The molecule has 0 radical (unpaired) electrons. The molecule has 176 valence electrons. The molecule has 0 unspecified atom stereocenters. The highest BCUT2D eigenvalue weighted by atomic mass is 16.5. The smallest absolute Gasteiger partial charge is 0.337 e. The molecule has 0 aliphatic carbocycles. The number of β-amino-alcohol motifs (C(OH)–C–C–N with tert-alkyl or cyclic N) is 1. The first-order valence-corrected chi connectivity index (χ1v) is 10.8. The molecule has 32 heavy (non-hydrogen) atoms. The highest BCUT2D eigenvalue weighted by Crippen LogP contribution is 2.40. The molecule has 2 N–H and O–H groups in total. The van der Waals surface area contributed by atoms with Crippen molar-refractivity contribution in [3.63, 3.8) is 0 Å². The van der Waals surface area contributed by atoms with Crippen molar-refractivity contribution < 1.29 is 33.6 Å². The van der Waals surface area contributed by atoms with Crippen molar-refractivity contribution >= 4 is 23.3 Å². The number of nitrogens with one attached hydrogen (secondary N) is 1. The number of aliphatic hydroxyl groups excluding tert-OH is 1. The molecule has 0 atom stereocenters.